The van der Waals surface area contributed by atoms with E-state index in [0.29, 0.717) is 10.8 Å². The van der Waals surface area contributed by atoms with Crippen LogP contribution in [-0.2, 0) is 23.1 Å². The van der Waals surface area contributed by atoms with Gasteiger partial charge in [0.05, 0.1) is 24.0 Å². The summed E-state index contributed by atoms with van der Waals surface area (Å²) < 4.78 is 25.8. The smallest absolute Gasteiger partial charge is 0.211 e. The van der Waals surface area contributed by atoms with Crippen molar-refractivity contribution >= 4 is 32.5 Å². The Morgan fingerprint density at radius 1 is 1.08 bits per heavy atom. The quantitative estimate of drug-likeness (QED) is 0.654. The van der Waals surface area contributed by atoms with Gasteiger partial charge in [-0.25, -0.2) is 13.4 Å². The summed E-state index contributed by atoms with van der Waals surface area (Å²) in [6, 6.07) is 14.7. The summed E-state index contributed by atoms with van der Waals surface area (Å²) in [4.78, 5) is 8.48. The number of benzene rings is 1. The second-order valence-electron chi connectivity index (χ2n) is 5.47. The van der Waals surface area contributed by atoms with Crippen LogP contribution in [0.5, 0.6) is 0 Å². The van der Waals surface area contributed by atoms with Crippen molar-refractivity contribution < 1.29 is 8.42 Å². The predicted molar refractivity (Wildman–Crippen MR) is 95.1 cm³/mol. The van der Waals surface area contributed by atoms with Crippen LogP contribution in [0.15, 0.2) is 54.7 Å². The Morgan fingerprint density at radius 2 is 1.83 bits per heavy atom. The summed E-state index contributed by atoms with van der Waals surface area (Å²) in [5, 5.41) is 1.23. The Balaban J connectivity index is 1.99. The van der Waals surface area contributed by atoms with Gasteiger partial charge in [-0.2, -0.15) is 4.31 Å². The topological polar surface area (TPSA) is 63.2 Å². The Kier molecular flexibility index (Phi) is 4.80. The first-order valence-electron chi connectivity index (χ1n) is 7.33. The second-order valence-corrected chi connectivity index (χ2v) is 7.84. The third-order valence-electron chi connectivity index (χ3n) is 3.65. The fourth-order valence-electron chi connectivity index (χ4n) is 2.50. The van der Waals surface area contributed by atoms with Crippen molar-refractivity contribution in [1.82, 2.24) is 14.3 Å². The minimum atomic E-state index is -3.41. The van der Waals surface area contributed by atoms with E-state index in [-0.39, 0.29) is 13.1 Å². The van der Waals surface area contributed by atoms with Crippen LogP contribution in [0.3, 0.4) is 0 Å². The standard InChI is InChI=1S/C17H16ClN3O2S/c1-24(22,23)21(12-14-6-4-5-9-19-14)11-13-10-17(18)20-16-8-3-2-7-15(13)16/h2-10H,11-12H2,1H3. The molecule has 0 saturated heterocycles. The van der Waals surface area contributed by atoms with E-state index in [0.717, 1.165) is 16.5 Å². The van der Waals surface area contributed by atoms with Gasteiger partial charge in [-0.3, -0.25) is 4.98 Å². The summed E-state index contributed by atoms with van der Waals surface area (Å²) in [6.07, 6.45) is 2.84. The first-order chi connectivity index (χ1) is 11.4. The van der Waals surface area contributed by atoms with Crippen molar-refractivity contribution in [1.29, 1.82) is 0 Å². The van der Waals surface area contributed by atoms with Crippen LogP contribution in [0.25, 0.3) is 10.9 Å². The molecule has 3 rings (SSSR count). The number of hydrogen-bond acceptors (Lipinski definition) is 4. The van der Waals surface area contributed by atoms with Crippen molar-refractivity contribution in [3.05, 3.63) is 71.1 Å². The highest BCUT2D eigenvalue weighted by Gasteiger charge is 2.19. The van der Waals surface area contributed by atoms with Crippen LogP contribution >= 0.6 is 11.6 Å². The van der Waals surface area contributed by atoms with Gasteiger partial charge in [0, 0.05) is 18.1 Å². The Bertz CT molecular complexity index is 962. The molecule has 2 heterocycles. The Labute approximate surface area is 146 Å². The molecule has 2 aromatic heterocycles. The van der Waals surface area contributed by atoms with E-state index < -0.39 is 10.0 Å². The van der Waals surface area contributed by atoms with Gasteiger partial charge in [0.1, 0.15) is 5.15 Å². The maximum Gasteiger partial charge on any atom is 0.211 e. The lowest BCUT2D eigenvalue weighted by atomic mass is 10.1. The predicted octanol–water partition coefficient (Wildman–Crippen LogP) is 3.25. The molecule has 24 heavy (non-hydrogen) atoms. The number of aromatic nitrogens is 2. The van der Waals surface area contributed by atoms with Gasteiger partial charge >= 0.3 is 0 Å². The third-order valence-corrected chi connectivity index (χ3v) is 5.04. The third kappa shape index (κ3) is 3.90. The lowest BCUT2D eigenvalue weighted by molar-refractivity contribution is 0.402. The zero-order chi connectivity index (χ0) is 17.2. The van der Waals surface area contributed by atoms with Crippen LogP contribution in [0.4, 0.5) is 0 Å². The summed E-state index contributed by atoms with van der Waals surface area (Å²) in [5.41, 5.74) is 2.24. The molecular weight excluding hydrogens is 346 g/mol. The minimum Gasteiger partial charge on any atom is -0.260 e. The zero-order valence-electron chi connectivity index (χ0n) is 13.1. The molecule has 124 valence electrons. The molecule has 0 unspecified atom stereocenters. The lowest BCUT2D eigenvalue weighted by Gasteiger charge is -2.20. The fraction of sp³-hybridized carbons (Fsp3) is 0.176. The van der Waals surface area contributed by atoms with Crippen molar-refractivity contribution in [2.75, 3.05) is 6.26 Å². The minimum absolute atomic E-state index is 0.202. The molecule has 0 atom stereocenters. The van der Waals surface area contributed by atoms with Gasteiger partial charge in [0.25, 0.3) is 0 Å². The van der Waals surface area contributed by atoms with E-state index in [2.05, 4.69) is 9.97 Å². The van der Waals surface area contributed by atoms with Gasteiger partial charge < -0.3 is 0 Å². The van der Waals surface area contributed by atoms with Crippen LogP contribution in [-0.4, -0.2) is 28.9 Å². The van der Waals surface area contributed by atoms with Crippen LogP contribution in [0.1, 0.15) is 11.3 Å². The average molecular weight is 362 g/mol. The normalized spacial score (nSPS) is 12.0. The molecule has 1 aromatic carbocycles. The van der Waals surface area contributed by atoms with Gasteiger partial charge in [0.2, 0.25) is 10.0 Å². The number of pyridine rings is 2. The van der Waals surface area contributed by atoms with Crippen molar-refractivity contribution in [2.45, 2.75) is 13.1 Å². The van der Waals surface area contributed by atoms with E-state index in [1.165, 1.54) is 10.6 Å². The van der Waals surface area contributed by atoms with E-state index >= 15 is 0 Å². The number of sulfonamides is 1. The summed E-state index contributed by atoms with van der Waals surface area (Å²) >= 11 is 6.09. The molecule has 0 aliphatic heterocycles. The second kappa shape index (κ2) is 6.84. The maximum absolute atomic E-state index is 12.2. The Morgan fingerprint density at radius 3 is 2.54 bits per heavy atom. The largest absolute Gasteiger partial charge is 0.260 e. The number of para-hydroxylation sites is 1. The monoisotopic (exact) mass is 361 g/mol. The number of halogens is 1. The first kappa shape index (κ1) is 16.8. The molecule has 0 amide bonds. The molecule has 0 saturated carbocycles. The number of hydrogen-bond donors (Lipinski definition) is 0. The zero-order valence-corrected chi connectivity index (χ0v) is 14.6. The van der Waals surface area contributed by atoms with Crippen LogP contribution < -0.4 is 0 Å². The molecular formula is C17H16ClN3O2S. The first-order valence-corrected chi connectivity index (χ1v) is 9.55. The molecule has 3 aromatic rings. The van der Waals surface area contributed by atoms with Crippen molar-refractivity contribution in [2.24, 2.45) is 0 Å². The van der Waals surface area contributed by atoms with E-state index in [1.807, 2.05) is 30.3 Å². The molecule has 7 heteroatoms. The molecule has 0 aliphatic carbocycles. The van der Waals surface area contributed by atoms with Gasteiger partial charge in [-0.05, 0) is 29.8 Å². The number of rotatable bonds is 5. The summed E-state index contributed by atoms with van der Waals surface area (Å²) in [5.74, 6) is 0. The lowest BCUT2D eigenvalue weighted by Crippen LogP contribution is -2.29. The molecule has 0 fully saturated rings. The highest BCUT2D eigenvalue weighted by molar-refractivity contribution is 7.88. The van der Waals surface area contributed by atoms with E-state index in [9.17, 15) is 8.42 Å². The van der Waals surface area contributed by atoms with E-state index in [4.69, 9.17) is 11.6 Å². The number of fused-ring (bicyclic) bond motifs is 1. The average Bonchev–Trinajstić information content (AvgIpc) is 2.54. The highest BCUT2D eigenvalue weighted by atomic mass is 35.5. The number of nitrogens with zero attached hydrogens (tertiary/aromatic N) is 3. The molecule has 0 spiro atoms. The van der Waals surface area contributed by atoms with Crippen molar-refractivity contribution in [3.63, 3.8) is 0 Å². The SMILES string of the molecule is CS(=O)(=O)N(Cc1ccccn1)Cc1cc(Cl)nc2ccccc12. The van der Waals surface area contributed by atoms with E-state index in [1.54, 1.807) is 24.4 Å². The molecule has 0 N–H and O–H groups in total. The molecule has 5 nitrogen and oxygen atoms in total. The summed E-state index contributed by atoms with van der Waals surface area (Å²) in [6.45, 7) is 0.409. The highest BCUT2D eigenvalue weighted by Crippen LogP contribution is 2.23. The molecule has 0 bridgehead atoms. The van der Waals surface area contributed by atoms with Crippen LogP contribution in [0, 0.1) is 0 Å². The fourth-order valence-corrected chi connectivity index (χ4v) is 3.46. The van der Waals surface area contributed by atoms with Crippen LogP contribution in [0.2, 0.25) is 5.15 Å². The van der Waals surface area contributed by atoms with Gasteiger partial charge in [-0.1, -0.05) is 35.9 Å². The Hall–Kier alpha value is -2.02. The van der Waals surface area contributed by atoms with Gasteiger partial charge in [-0.15, -0.1) is 0 Å². The van der Waals surface area contributed by atoms with Crippen molar-refractivity contribution in [3.8, 4) is 0 Å². The molecule has 0 radical (unpaired) electrons. The molecule has 0 aliphatic rings. The van der Waals surface area contributed by atoms with Gasteiger partial charge in [0.15, 0.2) is 0 Å². The maximum atomic E-state index is 12.2. The summed E-state index contributed by atoms with van der Waals surface area (Å²) in [7, 11) is -3.41.